The molecule has 154 valence electrons. The Kier molecular flexibility index (Phi) is 5.49. The van der Waals surface area contributed by atoms with E-state index in [1.54, 1.807) is 25.1 Å². The highest BCUT2D eigenvalue weighted by atomic mass is 32.2. The molecular formula is C20H21N7O2S. The van der Waals surface area contributed by atoms with Crippen molar-refractivity contribution in [2.24, 2.45) is 0 Å². The first-order chi connectivity index (χ1) is 14.4. The van der Waals surface area contributed by atoms with Crippen molar-refractivity contribution < 1.29 is 4.79 Å². The average Bonchev–Trinajstić information content (AvgIpc) is 3.11. The van der Waals surface area contributed by atoms with Crippen LogP contribution in [0.25, 0.3) is 16.7 Å². The van der Waals surface area contributed by atoms with Crippen LogP contribution in [-0.4, -0.2) is 47.3 Å². The predicted octanol–water partition coefficient (Wildman–Crippen LogP) is 1.82. The fourth-order valence-electron chi connectivity index (χ4n) is 3.24. The van der Waals surface area contributed by atoms with Gasteiger partial charge in [0.05, 0.1) is 16.2 Å². The summed E-state index contributed by atoms with van der Waals surface area (Å²) >= 11 is 1.21. The summed E-state index contributed by atoms with van der Waals surface area (Å²) in [6.07, 6.45) is 0.529. The number of nitrogens with one attached hydrogen (secondary N) is 2. The lowest BCUT2D eigenvalue weighted by molar-refractivity contribution is -0.120. The van der Waals surface area contributed by atoms with Gasteiger partial charge in [-0.15, -0.1) is 10.2 Å². The van der Waals surface area contributed by atoms with Crippen molar-refractivity contribution in [3.05, 3.63) is 57.9 Å². The molecule has 0 saturated heterocycles. The van der Waals surface area contributed by atoms with Gasteiger partial charge in [0, 0.05) is 24.4 Å². The summed E-state index contributed by atoms with van der Waals surface area (Å²) in [5.41, 5.74) is 2.28. The second kappa shape index (κ2) is 8.23. The Morgan fingerprint density at radius 1 is 1.23 bits per heavy atom. The molecule has 0 aliphatic heterocycles. The molecule has 0 saturated carbocycles. The molecule has 1 atom stereocenters. The minimum atomic E-state index is -0.421. The van der Waals surface area contributed by atoms with Gasteiger partial charge in [0.25, 0.3) is 11.3 Å². The van der Waals surface area contributed by atoms with E-state index < -0.39 is 5.25 Å². The number of nitrogens with zero attached hydrogens (tertiary/aromatic N) is 5. The second-order valence-electron chi connectivity index (χ2n) is 6.98. The number of H-pyrrole nitrogens is 1. The predicted molar refractivity (Wildman–Crippen MR) is 115 cm³/mol. The van der Waals surface area contributed by atoms with Crippen LogP contribution in [0.15, 0.2) is 40.3 Å². The lowest BCUT2D eigenvalue weighted by Crippen LogP contribution is -2.33. The van der Waals surface area contributed by atoms with Crippen LogP contribution >= 0.6 is 11.8 Å². The zero-order valence-corrected chi connectivity index (χ0v) is 17.7. The Morgan fingerprint density at radius 3 is 2.87 bits per heavy atom. The molecule has 0 bridgehead atoms. The second-order valence-corrected chi connectivity index (χ2v) is 8.31. The van der Waals surface area contributed by atoms with Crippen LogP contribution in [0.1, 0.15) is 24.1 Å². The number of aromatic nitrogens is 6. The Balaban J connectivity index is 1.38. The fourth-order valence-corrected chi connectivity index (χ4v) is 4.07. The highest BCUT2D eigenvalue weighted by Gasteiger charge is 2.17. The molecule has 0 fully saturated rings. The van der Waals surface area contributed by atoms with Crippen LogP contribution in [0.3, 0.4) is 0 Å². The van der Waals surface area contributed by atoms with Gasteiger partial charge < -0.3 is 10.3 Å². The van der Waals surface area contributed by atoms with Crippen molar-refractivity contribution in [3.8, 4) is 0 Å². The third-order valence-electron chi connectivity index (χ3n) is 4.66. The molecule has 4 rings (SSSR count). The van der Waals surface area contributed by atoms with Gasteiger partial charge in [-0.25, -0.2) is 9.97 Å². The maximum absolute atomic E-state index is 12.5. The summed E-state index contributed by atoms with van der Waals surface area (Å²) < 4.78 is 1.89. The summed E-state index contributed by atoms with van der Waals surface area (Å²) in [5, 5.41) is 11.7. The molecule has 1 unspecified atom stereocenters. The zero-order valence-electron chi connectivity index (χ0n) is 16.8. The first-order valence-corrected chi connectivity index (χ1v) is 10.4. The van der Waals surface area contributed by atoms with E-state index in [0.717, 1.165) is 17.2 Å². The average molecular weight is 424 g/mol. The van der Waals surface area contributed by atoms with Crippen molar-refractivity contribution in [1.82, 2.24) is 34.9 Å². The van der Waals surface area contributed by atoms with Gasteiger partial charge in [-0.05, 0) is 39.0 Å². The largest absolute Gasteiger partial charge is 0.355 e. The number of carbonyl (C=O) groups is 1. The van der Waals surface area contributed by atoms with E-state index in [0.29, 0.717) is 34.8 Å². The number of aromatic amines is 1. The monoisotopic (exact) mass is 423 g/mol. The number of para-hydroxylation sites is 1. The lowest BCUT2D eigenvalue weighted by Gasteiger charge is -2.11. The molecule has 0 radical (unpaired) electrons. The van der Waals surface area contributed by atoms with Crippen LogP contribution in [0.5, 0.6) is 0 Å². The maximum atomic E-state index is 12.5. The van der Waals surface area contributed by atoms with Crippen molar-refractivity contribution in [3.63, 3.8) is 0 Å². The minimum Gasteiger partial charge on any atom is -0.355 e. The molecule has 0 aliphatic rings. The third-order valence-corrected chi connectivity index (χ3v) is 5.64. The molecule has 9 nitrogen and oxygen atoms in total. The van der Waals surface area contributed by atoms with E-state index in [2.05, 4.69) is 30.5 Å². The van der Waals surface area contributed by atoms with Crippen molar-refractivity contribution >= 4 is 34.3 Å². The summed E-state index contributed by atoms with van der Waals surface area (Å²) in [4.78, 5) is 36.2. The summed E-state index contributed by atoms with van der Waals surface area (Å²) in [7, 11) is 0. The van der Waals surface area contributed by atoms with Crippen molar-refractivity contribution in [2.75, 3.05) is 6.54 Å². The lowest BCUT2D eigenvalue weighted by atomic mass is 10.2. The molecule has 3 aromatic heterocycles. The molecular weight excluding hydrogens is 402 g/mol. The van der Waals surface area contributed by atoms with E-state index >= 15 is 0 Å². The standard InChI is InChI=1S/C20H21N7O2S/c1-11-10-12(2)27-16(25-26-19(27)22-11)8-9-21-17(28)13(3)30-20-23-15-7-5-4-6-14(15)18(29)24-20/h4-7,10,13H,8-9H2,1-3H3,(H,21,28)(H,23,24,29). The number of aryl methyl sites for hydroxylation is 2. The van der Waals surface area contributed by atoms with Gasteiger partial charge in [-0.2, -0.15) is 0 Å². The van der Waals surface area contributed by atoms with E-state index in [-0.39, 0.29) is 11.5 Å². The van der Waals surface area contributed by atoms with E-state index in [1.807, 2.05) is 30.4 Å². The molecule has 4 aromatic rings. The van der Waals surface area contributed by atoms with Crippen LogP contribution in [0.4, 0.5) is 0 Å². The molecule has 10 heteroatoms. The number of fused-ring (bicyclic) bond motifs is 2. The highest BCUT2D eigenvalue weighted by Crippen LogP contribution is 2.20. The number of hydrogen-bond acceptors (Lipinski definition) is 7. The minimum absolute atomic E-state index is 0.143. The highest BCUT2D eigenvalue weighted by molar-refractivity contribution is 8.00. The first-order valence-electron chi connectivity index (χ1n) is 9.54. The normalized spacial score (nSPS) is 12.4. The number of amides is 1. The van der Waals surface area contributed by atoms with E-state index in [1.165, 1.54) is 11.8 Å². The third kappa shape index (κ3) is 4.04. The van der Waals surface area contributed by atoms with Gasteiger partial charge in [0.2, 0.25) is 5.91 Å². The molecule has 1 amide bonds. The van der Waals surface area contributed by atoms with Crippen LogP contribution in [0, 0.1) is 13.8 Å². The van der Waals surface area contributed by atoms with E-state index in [9.17, 15) is 9.59 Å². The molecule has 1 aromatic carbocycles. The van der Waals surface area contributed by atoms with E-state index in [4.69, 9.17) is 0 Å². The SMILES string of the molecule is Cc1cc(C)n2c(CCNC(=O)C(C)Sc3nc4ccccc4c(=O)[nH]3)nnc2n1. The maximum Gasteiger partial charge on any atom is 0.259 e. The summed E-state index contributed by atoms with van der Waals surface area (Å²) in [5.74, 6) is 1.16. The van der Waals surface area contributed by atoms with Crippen molar-refractivity contribution in [1.29, 1.82) is 0 Å². The Morgan fingerprint density at radius 2 is 2.03 bits per heavy atom. The molecule has 3 heterocycles. The number of carbonyl (C=O) groups excluding carboxylic acids is 1. The topological polar surface area (TPSA) is 118 Å². The molecule has 0 aliphatic carbocycles. The summed E-state index contributed by atoms with van der Waals surface area (Å²) in [6.45, 7) is 6.08. The van der Waals surface area contributed by atoms with Crippen molar-refractivity contribution in [2.45, 2.75) is 37.6 Å². The number of hydrogen-bond donors (Lipinski definition) is 2. The molecule has 0 spiro atoms. The quantitative estimate of drug-likeness (QED) is 0.359. The van der Waals surface area contributed by atoms with Gasteiger partial charge in [0.15, 0.2) is 5.16 Å². The first kappa shape index (κ1) is 20.0. The van der Waals surface area contributed by atoms with Gasteiger partial charge in [0.1, 0.15) is 5.82 Å². The Labute approximate surface area is 176 Å². The van der Waals surface area contributed by atoms with Crippen LogP contribution in [-0.2, 0) is 11.2 Å². The van der Waals surface area contributed by atoms with Crippen LogP contribution in [0.2, 0.25) is 0 Å². The van der Waals surface area contributed by atoms with Gasteiger partial charge in [-0.1, -0.05) is 23.9 Å². The number of thioether (sulfide) groups is 1. The van der Waals surface area contributed by atoms with Gasteiger partial charge >= 0.3 is 0 Å². The van der Waals surface area contributed by atoms with Gasteiger partial charge in [-0.3, -0.25) is 14.0 Å². The number of benzene rings is 1. The van der Waals surface area contributed by atoms with Crippen LogP contribution < -0.4 is 10.9 Å². The Hall–Kier alpha value is -3.27. The fraction of sp³-hybridized carbons (Fsp3) is 0.300. The number of rotatable bonds is 6. The molecule has 30 heavy (non-hydrogen) atoms. The zero-order chi connectivity index (χ0) is 21.3. The summed E-state index contributed by atoms with van der Waals surface area (Å²) in [6, 6.07) is 9.08. The Bertz CT molecular complexity index is 1300. The molecule has 2 N–H and O–H groups in total. The smallest absolute Gasteiger partial charge is 0.259 e.